The molecule has 0 aliphatic carbocycles. The van der Waals surface area contributed by atoms with Crippen molar-refractivity contribution in [1.29, 1.82) is 5.26 Å². The van der Waals surface area contributed by atoms with Crippen molar-refractivity contribution < 1.29 is 9.59 Å². The third-order valence-electron chi connectivity index (χ3n) is 6.39. The highest BCUT2D eigenvalue weighted by atomic mass is 32.2. The van der Waals surface area contributed by atoms with Crippen LogP contribution in [0.2, 0.25) is 0 Å². The molecule has 0 saturated carbocycles. The Morgan fingerprint density at radius 1 is 1.05 bits per heavy atom. The minimum absolute atomic E-state index is 0.107. The highest BCUT2D eigenvalue weighted by Gasteiger charge is 2.18. The summed E-state index contributed by atoms with van der Waals surface area (Å²) < 4.78 is 0. The Balaban J connectivity index is 1.41. The van der Waals surface area contributed by atoms with E-state index < -0.39 is 0 Å². The summed E-state index contributed by atoms with van der Waals surface area (Å²) in [6.45, 7) is 4.95. The number of thioether (sulfide) groups is 1. The molecule has 1 saturated heterocycles. The van der Waals surface area contributed by atoms with Crippen LogP contribution in [0, 0.1) is 11.3 Å². The van der Waals surface area contributed by atoms with Crippen LogP contribution in [0.15, 0.2) is 47.6 Å². The zero-order valence-electron chi connectivity index (χ0n) is 22.2. The quantitative estimate of drug-likeness (QED) is 0.323. The molecule has 4 rings (SSSR count). The van der Waals surface area contributed by atoms with E-state index in [0.29, 0.717) is 40.7 Å². The second-order valence-electron chi connectivity index (χ2n) is 9.43. The van der Waals surface area contributed by atoms with E-state index in [-0.39, 0.29) is 23.2 Å². The standard InChI is InChI=1S/C28H32N8O2S/c1-19(37)31-22-9-7-20(8-10-22)26-24(17-29)27(30)34-28(33-26)39-18-23-6-3-5-21(32-23)11-12-25(38)36-14-4-13-35(2)15-16-36/h3,5-10H,4,11-16,18H2,1-2H3,(H,31,37)(H2,30,33,34). The van der Waals surface area contributed by atoms with E-state index in [1.54, 1.807) is 24.3 Å². The number of nitrogens with two attached hydrogens (primary N) is 1. The number of hydrogen-bond donors (Lipinski definition) is 2. The summed E-state index contributed by atoms with van der Waals surface area (Å²) in [5.41, 5.74) is 9.79. The van der Waals surface area contributed by atoms with Crippen LogP contribution in [0.5, 0.6) is 0 Å². The number of likely N-dealkylation sites (N-methyl/N-ethyl adjacent to an activating group) is 1. The summed E-state index contributed by atoms with van der Waals surface area (Å²) in [5, 5.41) is 12.8. The molecule has 0 radical (unpaired) electrons. The average molecular weight is 545 g/mol. The Hall–Kier alpha value is -4.01. The molecule has 3 heterocycles. The van der Waals surface area contributed by atoms with Gasteiger partial charge in [-0.05, 0) is 50.7 Å². The second-order valence-corrected chi connectivity index (χ2v) is 10.4. The number of pyridine rings is 1. The number of hydrogen-bond acceptors (Lipinski definition) is 9. The Bertz CT molecular complexity index is 1370. The van der Waals surface area contributed by atoms with Crippen molar-refractivity contribution in [2.75, 3.05) is 44.3 Å². The fourth-order valence-electron chi connectivity index (χ4n) is 4.33. The molecular weight excluding hydrogens is 512 g/mol. The van der Waals surface area contributed by atoms with Crippen LogP contribution >= 0.6 is 11.8 Å². The van der Waals surface area contributed by atoms with Crippen molar-refractivity contribution in [2.24, 2.45) is 0 Å². The first-order chi connectivity index (χ1) is 18.8. The molecule has 39 heavy (non-hydrogen) atoms. The van der Waals surface area contributed by atoms with Gasteiger partial charge in [-0.2, -0.15) is 5.26 Å². The van der Waals surface area contributed by atoms with E-state index in [1.165, 1.54) is 18.7 Å². The van der Waals surface area contributed by atoms with E-state index in [4.69, 9.17) is 10.7 Å². The Morgan fingerprint density at radius 2 is 1.82 bits per heavy atom. The molecule has 0 spiro atoms. The van der Waals surface area contributed by atoms with Crippen molar-refractivity contribution >= 4 is 35.1 Å². The lowest BCUT2D eigenvalue weighted by atomic mass is 10.1. The van der Waals surface area contributed by atoms with Gasteiger partial charge in [0.1, 0.15) is 17.5 Å². The Labute approximate surface area is 232 Å². The SMILES string of the molecule is CC(=O)Nc1ccc(-c2nc(SCc3cccc(CCC(=O)N4CCCN(C)CC4)n3)nc(N)c2C#N)cc1. The number of rotatable bonds is 8. The molecule has 11 heteroatoms. The zero-order chi connectivity index (χ0) is 27.8. The van der Waals surface area contributed by atoms with Crippen LogP contribution in [-0.4, -0.2) is 69.8 Å². The lowest BCUT2D eigenvalue weighted by Gasteiger charge is -2.20. The monoisotopic (exact) mass is 544 g/mol. The number of nitriles is 1. The highest BCUT2D eigenvalue weighted by molar-refractivity contribution is 7.98. The largest absolute Gasteiger partial charge is 0.382 e. The minimum Gasteiger partial charge on any atom is -0.382 e. The molecule has 0 atom stereocenters. The number of aromatic nitrogens is 3. The van der Waals surface area contributed by atoms with Gasteiger partial charge >= 0.3 is 0 Å². The number of carbonyl (C=O) groups is 2. The van der Waals surface area contributed by atoms with Crippen LogP contribution in [-0.2, 0) is 21.8 Å². The van der Waals surface area contributed by atoms with Gasteiger partial charge < -0.3 is 20.9 Å². The number of amides is 2. The second kappa shape index (κ2) is 13.2. The van der Waals surface area contributed by atoms with Crippen molar-refractivity contribution in [3.8, 4) is 17.3 Å². The summed E-state index contributed by atoms with van der Waals surface area (Å²) >= 11 is 1.37. The van der Waals surface area contributed by atoms with Crippen molar-refractivity contribution in [3.05, 3.63) is 59.4 Å². The van der Waals surface area contributed by atoms with Gasteiger partial charge in [0.05, 0.1) is 11.4 Å². The molecule has 3 aromatic rings. The lowest BCUT2D eigenvalue weighted by molar-refractivity contribution is -0.131. The van der Waals surface area contributed by atoms with E-state index in [0.717, 1.165) is 44.0 Å². The third-order valence-corrected chi connectivity index (χ3v) is 7.27. The number of anilines is 2. The molecule has 10 nitrogen and oxygen atoms in total. The Morgan fingerprint density at radius 3 is 2.56 bits per heavy atom. The average Bonchev–Trinajstić information content (AvgIpc) is 3.15. The lowest BCUT2D eigenvalue weighted by Crippen LogP contribution is -2.34. The first-order valence-corrected chi connectivity index (χ1v) is 13.8. The smallest absolute Gasteiger partial charge is 0.223 e. The van der Waals surface area contributed by atoms with Crippen LogP contribution in [0.3, 0.4) is 0 Å². The summed E-state index contributed by atoms with van der Waals surface area (Å²) in [5.74, 6) is 0.619. The van der Waals surface area contributed by atoms with Crippen LogP contribution in [0.25, 0.3) is 11.3 Å². The first kappa shape index (κ1) is 28.0. The van der Waals surface area contributed by atoms with Crippen molar-refractivity contribution in [1.82, 2.24) is 24.8 Å². The maximum atomic E-state index is 12.7. The summed E-state index contributed by atoms with van der Waals surface area (Å²) in [6.07, 6.45) is 2.02. The van der Waals surface area contributed by atoms with Gasteiger partial charge in [0.25, 0.3) is 0 Å². The van der Waals surface area contributed by atoms with Gasteiger partial charge in [0, 0.05) is 55.7 Å². The highest BCUT2D eigenvalue weighted by Crippen LogP contribution is 2.29. The van der Waals surface area contributed by atoms with Crippen molar-refractivity contribution in [2.45, 2.75) is 37.1 Å². The number of nitrogens with one attached hydrogen (secondary N) is 1. The van der Waals surface area contributed by atoms with E-state index in [2.05, 4.69) is 33.3 Å². The van der Waals surface area contributed by atoms with Gasteiger partial charge in [0.2, 0.25) is 11.8 Å². The number of nitrogens with zero attached hydrogens (tertiary/aromatic N) is 6. The van der Waals surface area contributed by atoms with Gasteiger partial charge in [-0.25, -0.2) is 9.97 Å². The van der Waals surface area contributed by atoms with E-state index >= 15 is 0 Å². The van der Waals surface area contributed by atoms with Crippen molar-refractivity contribution in [3.63, 3.8) is 0 Å². The predicted octanol–water partition coefficient (Wildman–Crippen LogP) is 3.34. The maximum Gasteiger partial charge on any atom is 0.223 e. The number of nitrogen functional groups attached to an aromatic ring is 1. The molecule has 1 aliphatic rings. The molecule has 1 aromatic carbocycles. The molecule has 1 aliphatic heterocycles. The number of carbonyl (C=O) groups excluding carboxylic acids is 2. The molecule has 1 fully saturated rings. The topological polar surface area (TPSA) is 141 Å². The molecule has 0 unspecified atom stereocenters. The van der Waals surface area contributed by atoms with E-state index in [1.807, 2.05) is 23.1 Å². The van der Waals surface area contributed by atoms with E-state index in [9.17, 15) is 14.9 Å². The Kier molecular flexibility index (Phi) is 9.46. The normalized spacial score (nSPS) is 13.9. The molecule has 2 aromatic heterocycles. The fraction of sp³-hybridized carbons (Fsp3) is 0.357. The minimum atomic E-state index is -0.167. The molecular formula is C28H32N8O2S. The molecule has 202 valence electrons. The maximum absolute atomic E-state index is 12.7. The molecule has 0 bridgehead atoms. The predicted molar refractivity (Wildman–Crippen MR) is 152 cm³/mol. The third kappa shape index (κ3) is 7.75. The summed E-state index contributed by atoms with van der Waals surface area (Å²) in [4.78, 5) is 41.9. The molecule has 3 N–H and O–H groups in total. The van der Waals surface area contributed by atoms with Gasteiger partial charge in [-0.15, -0.1) is 0 Å². The van der Waals surface area contributed by atoms with Crippen LogP contribution in [0.1, 0.15) is 36.7 Å². The zero-order valence-corrected chi connectivity index (χ0v) is 23.0. The van der Waals surface area contributed by atoms with Gasteiger partial charge in [0.15, 0.2) is 5.16 Å². The van der Waals surface area contributed by atoms with Crippen LogP contribution < -0.4 is 11.1 Å². The fourth-order valence-corrected chi connectivity index (χ4v) is 5.09. The summed E-state index contributed by atoms with van der Waals surface area (Å²) in [6, 6.07) is 15.0. The van der Waals surface area contributed by atoms with Gasteiger partial charge in [-0.3, -0.25) is 14.6 Å². The molecule has 2 amide bonds. The number of aryl methyl sites for hydroxylation is 1. The van der Waals surface area contributed by atoms with Gasteiger partial charge in [-0.1, -0.05) is 30.0 Å². The van der Waals surface area contributed by atoms with Crippen LogP contribution in [0.4, 0.5) is 11.5 Å². The summed E-state index contributed by atoms with van der Waals surface area (Å²) in [7, 11) is 2.09. The number of benzene rings is 1. The first-order valence-electron chi connectivity index (χ1n) is 12.8.